The summed E-state index contributed by atoms with van der Waals surface area (Å²) in [5.74, 6) is -0.132. The van der Waals surface area contributed by atoms with Gasteiger partial charge in [-0.15, -0.1) is 0 Å². The van der Waals surface area contributed by atoms with Crippen LogP contribution >= 0.6 is 0 Å². The molecule has 104 valence electrons. The summed E-state index contributed by atoms with van der Waals surface area (Å²) in [5, 5.41) is 10.4. The average Bonchev–Trinajstić information content (AvgIpc) is 3.03. The summed E-state index contributed by atoms with van der Waals surface area (Å²) in [6.07, 6.45) is 7.27. The molecular weight excluding hydrogens is 254 g/mol. The monoisotopic (exact) mass is 271 g/mol. The van der Waals surface area contributed by atoms with Crippen molar-refractivity contribution in [3.63, 3.8) is 0 Å². The van der Waals surface area contributed by atoms with E-state index in [-0.39, 0.29) is 11.9 Å². The Morgan fingerprint density at radius 2 is 2.40 bits per heavy atom. The highest BCUT2D eigenvalue weighted by Gasteiger charge is 2.17. The van der Waals surface area contributed by atoms with Gasteiger partial charge in [-0.1, -0.05) is 0 Å². The van der Waals surface area contributed by atoms with Gasteiger partial charge in [-0.2, -0.15) is 5.10 Å². The van der Waals surface area contributed by atoms with Crippen molar-refractivity contribution in [2.24, 2.45) is 0 Å². The van der Waals surface area contributed by atoms with E-state index in [1.807, 2.05) is 18.3 Å². The summed E-state index contributed by atoms with van der Waals surface area (Å²) < 4.78 is 1.71. The van der Waals surface area contributed by atoms with E-state index in [0.717, 1.165) is 31.6 Å². The quantitative estimate of drug-likeness (QED) is 0.864. The molecule has 1 unspecified atom stereocenters. The smallest absolute Gasteiger partial charge is 0.270 e. The minimum Gasteiger partial charge on any atom is -0.347 e. The molecule has 20 heavy (non-hydrogen) atoms. The second kappa shape index (κ2) is 5.83. The number of carbonyl (C=O) groups is 1. The molecule has 1 atom stereocenters. The molecule has 1 aliphatic heterocycles. The fraction of sp³-hybridized carbons (Fsp3) is 0.357. The Bertz CT molecular complexity index is 575. The van der Waals surface area contributed by atoms with Gasteiger partial charge in [0.15, 0.2) is 0 Å². The number of carbonyl (C=O) groups excluding carboxylic acids is 1. The van der Waals surface area contributed by atoms with E-state index in [4.69, 9.17) is 0 Å². The molecule has 2 N–H and O–H groups in total. The number of aromatic nitrogens is 3. The maximum atomic E-state index is 12.2. The van der Waals surface area contributed by atoms with Crippen LogP contribution in [-0.2, 0) is 0 Å². The van der Waals surface area contributed by atoms with E-state index in [1.165, 1.54) is 0 Å². The van der Waals surface area contributed by atoms with E-state index in [0.29, 0.717) is 5.69 Å². The maximum absolute atomic E-state index is 12.2. The molecule has 6 nitrogen and oxygen atoms in total. The number of hydrogen-bond acceptors (Lipinski definition) is 4. The molecule has 1 fully saturated rings. The van der Waals surface area contributed by atoms with Crippen molar-refractivity contribution in [1.29, 1.82) is 0 Å². The lowest BCUT2D eigenvalue weighted by Gasteiger charge is -2.23. The third-order valence-corrected chi connectivity index (χ3v) is 3.38. The number of pyridine rings is 1. The van der Waals surface area contributed by atoms with Gasteiger partial charge in [-0.3, -0.25) is 9.78 Å². The minimum atomic E-state index is -0.132. The van der Waals surface area contributed by atoms with Crippen LogP contribution in [0.15, 0.2) is 36.8 Å². The zero-order valence-electron chi connectivity index (χ0n) is 11.1. The Kier molecular flexibility index (Phi) is 3.73. The Morgan fingerprint density at radius 1 is 1.45 bits per heavy atom. The van der Waals surface area contributed by atoms with Crippen molar-refractivity contribution in [3.8, 4) is 5.69 Å². The third-order valence-electron chi connectivity index (χ3n) is 3.38. The summed E-state index contributed by atoms with van der Waals surface area (Å²) in [7, 11) is 0. The molecule has 2 aromatic rings. The summed E-state index contributed by atoms with van der Waals surface area (Å²) in [6.45, 7) is 1.85. The molecule has 1 aliphatic rings. The van der Waals surface area contributed by atoms with Crippen LogP contribution in [0, 0.1) is 0 Å². The second-order valence-electron chi connectivity index (χ2n) is 4.87. The third kappa shape index (κ3) is 2.85. The molecule has 1 saturated heterocycles. The van der Waals surface area contributed by atoms with Crippen LogP contribution in [-0.4, -0.2) is 39.8 Å². The van der Waals surface area contributed by atoms with Crippen molar-refractivity contribution < 1.29 is 4.79 Å². The van der Waals surface area contributed by atoms with Gasteiger partial charge < -0.3 is 10.6 Å². The lowest BCUT2D eigenvalue weighted by atomic mass is 10.1. The molecule has 0 aliphatic carbocycles. The predicted octanol–water partition coefficient (Wildman–Crippen LogP) is 0.749. The van der Waals surface area contributed by atoms with Crippen LogP contribution in [0.4, 0.5) is 0 Å². The van der Waals surface area contributed by atoms with Gasteiger partial charge in [0.05, 0.1) is 5.69 Å². The van der Waals surface area contributed by atoms with Gasteiger partial charge in [-0.05, 0) is 37.6 Å². The van der Waals surface area contributed by atoms with Crippen molar-refractivity contribution >= 4 is 5.91 Å². The topological polar surface area (TPSA) is 71.8 Å². The first-order chi connectivity index (χ1) is 9.83. The van der Waals surface area contributed by atoms with Gasteiger partial charge in [0.2, 0.25) is 0 Å². The van der Waals surface area contributed by atoms with E-state index >= 15 is 0 Å². The van der Waals surface area contributed by atoms with Gasteiger partial charge in [0, 0.05) is 31.2 Å². The van der Waals surface area contributed by atoms with Crippen molar-refractivity contribution in [2.45, 2.75) is 18.9 Å². The normalized spacial score (nSPS) is 18.7. The summed E-state index contributed by atoms with van der Waals surface area (Å²) in [4.78, 5) is 16.3. The SMILES string of the molecule is O=C(NC1CCCNC1)c1cc(-n2cccn2)ccn1. The van der Waals surface area contributed by atoms with E-state index in [1.54, 1.807) is 23.1 Å². The lowest BCUT2D eigenvalue weighted by molar-refractivity contribution is 0.0925. The zero-order chi connectivity index (χ0) is 13.8. The highest BCUT2D eigenvalue weighted by molar-refractivity contribution is 5.92. The highest BCUT2D eigenvalue weighted by Crippen LogP contribution is 2.08. The molecule has 0 aromatic carbocycles. The Morgan fingerprint density at radius 3 is 3.15 bits per heavy atom. The molecule has 0 saturated carbocycles. The van der Waals surface area contributed by atoms with Gasteiger partial charge in [-0.25, -0.2) is 4.68 Å². The number of amides is 1. The van der Waals surface area contributed by atoms with Crippen LogP contribution in [0.2, 0.25) is 0 Å². The molecule has 3 rings (SSSR count). The fourth-order valence-corrected chi connectivity index (χ4v) is 2.34. The number of piperidine rings is 1. The van der Waals surface area contributed by atoms with Crippen molar-refractivity contribution in [3.05, 3.63) is 42.5 Å². The molecule has 0 spiro atoms. The lowest BCUT2D eigenvalue weighted by Crippen LogP contribution is -2.45. The first-order valence-corrected chi connectivity index (χ1v) is 6.80. The number of nitrogens with zero attached hydrogens (tertiary/aromatic N) is 3. The summed E-state index contributed by atoms with van der Waals surface area (Å²) in [5.41, 5.74) is 1.25. The molecule has 1 amide bonds. The molecular formula is C14H17N5O. The van der Waals surface area contributed by atoms with Crippen molar-refractivity contribution in [2.75, 3.05) is 13.1 Å². The molecule has 6 heteroatoms. The van der Waals surface area contributed by atoms with Crippen LogP contribution in [0.5, 0.6) is 0 Å². The van der Waals surface area contributed by atoms with Crippen LogP contribution in [0.3, 0.4) is 0 Å². The number of nitrogens with one attached hydrogen (secondary N) is 2. The van der Waals surface area contributed by atoms with E-state index < -0.39 is 0 Å². The second-order valence-corrected chi connectivity index (χ2v) is 4.87. The van der Waals surface area contributed by atoms with Gasteiger partial charge in [0.1, 0.15) is 5.69 Å². The Hall–Kier alpha value is -2.21. The predicted molar refractivity (Wildman–Crippen MR) is 74.7 cm³/mol. The minimum absolute atomic E-state index is 0.132. The van der Waals surface area contributed by atoms with Gasteiger partial charge in [0.25, 0.3) is 5.91 Å². The largest absolute Gasteiger partial charge is 0.347 e. The number of rotatable bonds is 3. The molecule has 2 aromatic heterocycles. The van der Waals surface area contributed by atoms with E-state index in [9.17, 15) is 4.79 Å². The van der Waals surface area contributed by atoms with Gasteiger partial charge >= 0.3 is 0 Å². The highest BCUT2D eigenvalue weighted by atomic mass is 16.1. The fourth-order valence-electron chi connectivity index (χ4n) is 2.34. The summed E-state index contributed by atoms with van der Waals surface area (Å²) >= 11 is 0. The maximum Gasteiger partial charge on any atom is 0.270 e. The van der Waals surface area contributed by atoms with Crippen LogP contribution < -0.4 is 10.6 Å². The first kappa shape index (κ1) is 12.8. The van der Waals surface area contributed by atoms with Crippen LogP contribution in [0.1, 0.15) is 23.3 Å². The Labute approximate surface area is 117 Å². The molecule has 0 bridgehead atoms. The average molecular weight is 271 g/mol. The molecule has 0 radical (unpaired) electrons. The summed E-state index contributed by atoms with van der Waals surface area (Å²) in [6, 6.07) is 5.60. The first-order valence-electron chi connectivity index (χ1n) is 6.80. The number of hydrogen-bond donors (Lipinski definition) is 2. The van der Waals surface area contributed by atoms with Crippen molar-refractivity contribution in [1.82, 2.24) is 25.4 Å². The van der Waals surface area contributed by atoms with Crippen LogP contribution in [0.25, 0.3) is 5.69 Å². The molecule has 3 heterocycles. The zero-order valence-corrected chi connectivity index (χ0v) is 11.1. The van der Waals surface area contributed by atoms with E-state index in [2.05, 4.69) is 20.7 Å². The standard InChI is InChI=1S/C14H17N5O/c20-14(18-11-3-1-5-15-10-11)13-9-12(4-7-16-13)19-8-2-6-17-19/h2,4,6-9,11,15H,1,3,5,10H2,(H,18,20). The Balaban J connectivity index is 1.73.